The number of carbonyl (C=O) groups excluding carboxylic acids is 2. The van der Waals surface area contributed by atoms with Gasteiger partial charge < -0.3 is 19.3 Å². The molecule has 0 aliphatic carbocycles. The fraction of sp³-hybridized carbons (Fsp3) is 0.462. The fourth-order valence-corrected chi connectivity index (χ4v) is 4.32. The number of piperazine rings is 2. The van der Waals surface area contributed by atoms with E-state index < -0.39 is 0 Å². The van der Waals surface area contributed by atoms with Crippen LogP contribution < -0.4 is 9.47 Å². The first-order valence-electron chi connectivity index (χ1n) is 11.9. The Morgan fingerprint density at radius 1 is 0.824 bits per heavy atom. The van der Waals surface area contributed by atoms with Gasteiger partial charge in [-0.25, -0.2) is 4.79 Å². The van der Waals surface area contributed by atoms with Crippen molar-refractivity contribution in [2.75, 3.05) is 73.1 Å². The van der Waals surface area contributed by atoms with E-state index in [1.165, 1.54) is 5.56 Å². The Morgan fingerprint density at radius 3 is 2.15 bits per heavy atom. The number of rotatable bonds is 7. The number of amides is 1. The first-order chi connectivity index (χ1) is 16.5. The summed E-state index contributed by atoms with van der Waals surface area (Å²) in [5, 5.41) is 0. The van der Waals surface area contributed by atoms with E-state index in [1.54, 1.807) is 30.2 Å². The van der Waals surface area contributed by atoms with Crippen LogP contribution in [0.4, 0.5) is 4.79 Å². The van der Waals surface area contributed by atoms with Gasteiger partial charge in [0.15, 0.2) is 5.78 Å². The lowest BCUT2D eigenvalue weighted by atomic mass is 10.1. The number of ether oxygens (including phenoxy) is 2. The molecule has 0 atom stereocenters. The second kappa shape index (κ2) is 11.5. The van der Waals surface area contributed by atoms with Crippen LogP contribution in [0, 0.1) is 0 Å². The minimum atomic E-state index is -0.388. The number of nitrogens with zero attached hydrogens (tertiary/aromatic N) is 4. The molecule has 0 bridgehead atoms. The Bertz CT molecular complexity index is 965. The topological polar surface area (TPSA) is 65.6 Å². The quantitative estimate of drug-likeness (QED) is 0.581. The van der Waals surface area contributed by atoms with E-state index >= 15 is 0 Å². The zero-order valence-electron chi connectivity index (χ0n) is 20.1. The molecular weight excluding hydrogens is 432 g/mol. The van der Waals surface area contributed by atoms with Crippen molar-refractivity contribution in [1.29, 1.82) is 0 Å². The summed E-state index contributed by atoms with van der Waals surface area (Å²) in [4.78, 5) is 34.1. The maximum Gasteiger partial charge on any atom is 0.415 e. The molecule has 0 N–H and O–H groups in total. The van der Waals surface area contributed by atoms with Gasteiger partial charge in [-0.05, 0) is 36.9 Å². The predicted octanol–water partition coefficient (Wildman–Crippen LogP) is 2.44. The summed E-state index contributed by atoms with van der Waals surface area (Å²) in [6.45, 7) is 7.56. The third kappa shape index (κ3) is 6.34. The van der Waals surface area contributed by atoms with Crippen molar-refractivity contribution in [1.82, 2.24) is 19.6 Å². The molecule has 34 heavy (non-hydrogen) atoms. The van der Waals surface area contributed by atoms with Crippen molar-refractivity contribution in [3.05, 3.63) is 59.7 Å². The van der Waals surface area contributed by atoms with Gasteiger partial charge in [-0.3, -0.25) is 14.6 Å². The SMILES string of the molecule is COc1ccc(CN2CCN(CC(=O)c3ccccc3OC(=O)N3CCN(C)CC3)CC2)cc1. The number of likely N-dealkylation sites (N-methyl/N-ethyl adjacent to an activating group) is 1. The highest BCUT2D eigenvalue weighted by atomic mass is 16.6. The molecule has 0 saturated carbocycles. The van der Waals surface area contributed by atoms with Gasteiger partial charge in [0, 0.05) is 58.9 Å². The first kappa shape index (κ1) is 24.2. The molecule has 2 aromatic carbocycles. The largest absolute Gasteiger partial charge is 0.497 e. The van der Waals surface area contributed by atoms with E-state index in [9.17, 15) is 9.59 Å². The number of methoxy groups -OCH3 is 1. The van der Waals surface area contributed by atoms with Gasteiger partial charge in [0.2, 0.25) is 0 Å². The zero-order chi connectivity index (χ0) is 23.9. The first-order valence-corrected chi connectivity index (χ1v) is 11.9. The third-order valence-electron chi connectivity index (χ3n) is 6.54. The number of Topliss-reactive ketones (excluding diaryl/α,β-unsaturated/α-hetero) is 1. The molecule has 0 aromatic heterocycles. The Morgan fingerprint density at radius 2 is 1.47 bits per heavy atom. The molecule has 8 nitrogen and oxygen atoms in total. The van der Waals surface area contributed by atoms with Gasteiger partial charge in [0.1, 0.15) is 11.5 Å². The number of hydrogen-bond acceptors (Lipinski definition) is 7. The number of para-hydroxylation sites is 1. The monoisotopic (exact) mass is 466 g/mol. The highest BCUT2D eigenvalue weighted by Gasteiger charge is 2.24. The van der Waals surface area contributed by atoms with Crippen LogP contribution in [-0.2, 0) is 6.54 Å². The van der Waals surface area contributed by atoms with E-state index in [0.717, 1.165) is 51.6 Å². The van der Waals surface area contributed by atoms with Gasteiger partial charge in [0.05, 0.1) is 19.2 Å². The summed E-state index contributed by atoms with van der Waals surface area (Å²) < 4.78 is 10.9. The average molecular weight is 467 g/mol. The predicted molar refractivity (Wildman–Crippen MR) is 131 cm³/mol. The standard InChI is InChI=1S/C26H34N4O4/c1-27-11-17-30(18-12-27)26(32)34-25-6-4-3-5-23(25)24(31)20-29-15-13-28(14-16-29)19-21-7-9-22(33-2)10-8-21/h3-10H,11-20H2,1-2H3. The van der Waals surface area contributed by atoms with Crippen LogP contribution in [-0.4, -0.2) is 105 Å². The van der Waals surface area contributed by atoms with Gasteiger partial charge in [-0.2, -0.15) is 0 Å². The Hall–Kier alpha value is -2.94. The molecule has 8 heteroatoms. The second-order valence-corrected chi connectivity index (χ2v) is 8.98. The number of hydrogen-bond donors (Lipinski definition) is 0. The van der Waals surface area contributed by atoms with Crippen molar-refractivity contribution in [3.63, 3.8) is 0 Å². The molecule has 2 aromatic rings. The van der Waals surface area contributed by atoms with Gasteiger partial charge in [-0.1, -0.05) is 24.3 Å². The fourth-order valence-electron chi connectivity index (χ4n) is 4.32. The van der Waals surface area contributed by atoms with Crippen molar-refractivity contribution in [2.24, 2.45) is 0 Å². The summed E-state index contributed by atoms with van der Waals surface area (Å²) in [6.07, 6.45) is -0.388. The lowest BCUT2D eigenvalue weighted by molar-refractivity contribution is 0.0839. The van der Waals surface area contributed by atoms with Crippen LogP contribution in [0.5, 0.6) is 11.5 Å². The lowest BCUT2D eigenvalue weighted by Gasteiger charge is -2.34. The summed E-state index contributed by atoms with van der Waals surface area (Å²) in [5.74, 6) is 1.18. The minimum absolute atomic E-state index is 0.0228. The molecule has 2 aliphatic rings. The number of ketones is 1. The van der Waals surface area contributed by atoms with Crippen LogP contribution in [0.1, 0.15) is 15.9 Å². The maximum atomic E-state index is 13.1. The lowest BCUT2D eigenvalue weighted by Crippen LogP contribution is -2.48. The van der Waals surface area contributed by atoms with Gasteiger partial charge in [0.25, 0.3) is 0 Å². The molecule has 0 spiro atoms. The highest BCUT2D eigenvalue weighted by molar-refractivity contribution is 6.00. The molecule has 4 rings (SSSR count). The molecule has 2 fully saturated rings. The van der Waals surface area contributed by atoms with E-state index in [0.29, 0.717) is 30.9 Å². The van der Waals surface area contributed by atoms with Crippen LogP contribution in [0.25, 0.3) is 0 Å². The smallest absolute Gasteiger partial charge is 0.415 e. The summed E-state index contributed by atoms with van der Waals surface area (Å²) >= 11 is 0. The molecule has 0 unspecified atom stereocenters. The third-order valence-corrected chi connectivity index (χ3v) is 6.54. The molecule has 2 heterocycles. The molecule has 182 valence electrons. The summed E-state index contributed by atoms with van der Waals surface area (Å²) in [6, 6.07) is 15.2. The Labute approximate surface area is 201 Å². The van der Waals surface area contributed by atoms with Gasteiger partial charge >= 0.3 is 6.09 Å². The molecule has 2 aliphatic heterocycles. The number of carbonyl (C=O) groups is 2. The normalized spacial score (nSPS) is 18.0. The van der Waals surface area contributed by atoms with Crippen LogP contribution in [0.15, 0.2) is 48.5 Å². The van der Waals surface area contributed by atoms with E-state index in [4.69, 9.17) is 9.47 Å². The summed E-state index contributed by atoms with van der Waals surface area (Å²) in [5.41, 5.74) is 1.71. The minimum Gasteiger partial charge on any atom is -0.497 e. The van der Waals surface area contributed by atoms with E-state index in [1.807, 2.05) is 25.2 Å². The maximum absolute atomic E-state index is 13.1. The molecule has 1 amide bonds. The van der Waals surface area contributed by atoms with E-state index in [-0.39, 0.29) is 11.9 Å². The van der Waals surface area contributed by atoms with Crippen LogP contribution >= 0.6 is 0 Å². The van der Waals surface area contributed by atoms with Crippen molar-refractivity contribution in [2.45, 2.75) is 6.54 Å². The van der Waals surface area contributed by atoms with Crippen molar-refractivity contribution in [3.8, 4) is 11.5 Å². The molecule has 2 saturated heterocycles. The number of benzene rings is 2. The van der Waals surface area contributed by atoms with E-state index in [2.05, 4.69) is 26.8 Å². The van der Waals surface area contributed by atoms with Crippen LogP contribution in [0.3, 0.4) is 0 Å². The summed E-state index contributed by atoms with van der Waals surface area (Å²) in [7, 11) is 3.71. The molecule has 0 radical (unpaired) electrons. The molecular formula is C26H34N4O4. The second-order valence-electron chi connectivity index (χ2n) is 8.98. The Kier molecular flexibility index (Phi) is 8.16. The van der Waals surface area contributed by atoms with Crippen molar-refractivity contribution < 1.29 is 19.1 Å². The van der Waals surface area contributed by atoms with Gasteiger partial charge in [-0.15, -0.1) is 0 Å². The average Bonchev–Trinajstić information content (AvgIpc) is 2.86. The highest BCUT2D eigenvalue weighted by Crippen LogP contribution is 2.21. The van der Waals surface area contributed by atoms with Crippen molar-refractivity contribution >= 4 is 11.9 Å². The Balaban J connectivity index is 1.28. The zero-order valence-corrected chi connectivity index (χ0v) is 20.1. The van der Waals surface area contributed by atoms with Crippen LogP contribution in [0.2, 0.25) is 0 Å².